The zero-order chi connectivity index (χ0) is 13.3. The summed E-state index contributed by atoms with van der Waals surface area (Å²) >= 11 is 0. The second-order valence-electron chi connectivity index (χ2n) is 4.42. The van der Waals surface area contributed by atoms with Crippen molar-refractivity contribution in [2.75, 3.05) is 6.61 Å². The van der Waals surface area contributed by atoms with Crippen molar-refractivity contribution in [2.45, 2.75) is 38.2 Å². The molecule has 1 aromatic heterocycles. The molecule has 100 valence electrons. The highest BCUT2D eigenvalue weighted by Gasteiger charge is 2.34. The van der Waals surface area contributed by atoms with Gasteiger partial charge in [-0.3, -0.25) is 14.3 Å². The molecule has 1 saturated heterocycles. The fourth-order valence-electron chi connectivity index (χ4n) is 2.07. The van der Waals surface area contributed by atoms with Gasteiger partial charge in [0.25, 0.3) is 5.56 Å². The van der Waals surface area contributed by atoms with Crippen LogP contribution in [0.3, 0.4) is 0 Å². The summed E-state index contributed by atoms with van der Waals surface area (Å²) in [7, 11) is 0. The Labute approximate surface area is 103 Å². The molecule has 1 aliphatic rings. The lowest BCUT2D eigenvalue weighted by Gasteiger charge is -2.15. The van der Waals surface area contributed by atoms with Gasteiger partial charge in [-0.2, -0.15) is 0 Å². The molecule has 18 heavy (non-hydrogen) atoms. The maximum absolute atomic E-state index is 11.6. The van der Waals surface area contributed by atoms with E-state index >= 15 is 0 Å². The van der Waals surface area contributed by atoms with Crippen LogP contribution in [-0.4, -0.2) is 38.6 Å². The van der Waals surface area contributed by atoms with Gasteiger partial charge < -0.3 is 14.9 Å². The van der Waals surface area contributed by atoms with Crippen LogP contribution in [0.4, 0.5) is 0 Å². The Bertz CT molecular complexity index is 535. The average Bonchev–Trinajstić information content (AvgIpc) is 2.66. The molecule has 3 N–H and O–H groups in total. The van der Waals surface area contributed by atoms with Crippen LogP contribution >= 0.6 is 0 Å². The van der Waals surface area contributed by atoms with Crippen LogP contribution in [0.5, 0.6) is 0 Å². The van der Waals surface area contributed by atoms with E-state index < -0.39 is 29.7 Å². The smallest absolute Gasteiger partial charge is 0.330 e. The van der Waals surface area contributed by atoms with Gasteiger partial charge in [-0.05, 0) is 13.3 Å². The molecule has 3 atom stereocenters. The monoisotopic (exact) mass is 256 g/mol. The van der Waals surface area contributed by atoms with Crippen molar-refractivity contribution >= 4 is 0 Å². The van der Waals surface area contributed by atoms with E-state index in [4.69, 9.17) is 9.84 Å². The number of nitrogens with zero attached hydrogens (tertiary/aromatic N) is 1. The number of H-pyrrole nitrogens is 1. The van der Waals surface area contributed by atoms with Crippen molar-refractivity contribution in [3.05, 3.63) is 32.6 Å². The van der Waals surface area contributed by atoms with Crippen molar-refractivity contribution < 1.29 is 14.9 Å². The number of ether oxygens (including phenoxy) is 1. The maximum atomic E-state index is 11.6. The van der Waals surface area contributed by atoms with Crippen LogP contribution in [0.15, 0.2) is 15.8 Å². The molecule has 1 aliphatic heterocycles. The number of hydrogen-bond donors (Lipinski definition) is 3. The van der Waals surface area contributed by atoms with E-state index in [2.05, 4.69) is 4.98 Å². The molecule has 0 amide bonds. The Kier molecular flexibility index (Phi) is 3.65. The number of nitrogens with one attached hydrogen (secondary N) is 1. The highest BCUT2D eigenvalue weighted by Crippen LogP contribution is 2.29. The van der Waals surface area contributed by atoms with Gasteiger partial charge in [-0.1, -0.05) is 0 Å². The van der Waals surface area contributed by atoms with Crippen molar-refractivity contribution in [3.8, 4) is 0 Å². The standard InChI is InChI=1S/C11H16N2O5/c1-6-5-13(11(17)12-10(6)16)9-4-7(15)8(18-9)2-3-14/h5,7-9,14-15H,2-4H2,1H3,(H,12,16,17)/t7-,8+,9+/m0/s1. The topological polar surface area (TPSA) is 105 Å². The summed E-state index contributed by atoms with van der Waals surface area (Å²) in [4.78, 5) is 25.1. The quantitative estimate of drug-likeness (QED) is 0.635. The van der Waals surface area contributed by atoms with Gasteiger partial charge in [0.2, 0.25) is 0 Å². The largest absolute Gasteiger partial charge is 0.396 e. The molecule has 0 aromatic carbocycles. The third-order valence-corrected chi connectivity index (χ3v) is 3.07. The van der Waals surface area contributed by atoms with Gasteiger partial charge in [0.15, 0.2) is 0 Å². The lowest BCUT2D eigenvalue weighted by Crippen LogP contribution is -2.33. The molecule has 0 radical (unpaired) electrons. The predicted octanol–water partition coefficient (Wildman–Crippen LogP) is -1.12. The Hall–Kier alpha value is -1.44. The normalized spacial score (nSPS) is 27.6. The number of aromatic amines is 1. The number of rotatable bonds is 3. The van der Waals surface area contributed by atoms with E-state index in [0.717, 1.165) is 0 Å². The number of aliphatic hydroxyl groups is 2. The number of aromatic nitrogens is 2. The van der Waals surface area contributed by atoms with E-state index in [0.29, 0.717) is 12.0 Å². The zero-order valence-corrected chi connectivity index (χ0v) is 10.00. The second kappa shape index (κ2) is 5.05. The minimum absolute atomic E-state index is 0.0893. The molecule has 1 fully saturated rings. The van der Waals surface area contributed by atoms with E-state index in [1.54, 1.807) is 6.92 Å². The fourth-order valence-corrected chi connectivity index (χ4v) is 2.07. The van der Waals surface area contributed by atoms with E-state index in [9.17, 15) is 14.7 Å². The lowest BCUT2D eigenvalue weighted by atomic mass is 10.1. The molecule has 0 bridgehead atoms. The molecule has 7 heteroatoms. The molecule has 0 aliphatic carbocycles. The summed E-state index contributed by atoms with van der Waals surface area (Å²) in [5, 5.41) is 18.6. The van der Waals surface area contributed by atoms with Crippen molar-refractivity contribution in [3.63, 3.8) is 0 Å². The first-order valence-electron chi connectivity index (χ1n) is 5.79. The Morgan fingerprint density at radius 1 is 1.56 bits per heavy atom. The van der Waals surface area contributed by atoms with Crippen molar-refractivity contribution in [1.82, 2.24) is 9.55 Å². The van der Waals surface area contributed by atoms with Gasteiger partial charge in [-0.25, -0.2) is 4.79 Å². The Balaban J connectivity index is 2.26. The lowest BCUT2D eigenvalue weighted by molar-refractivity contribution is -0.0307. The summed E-state index contributed by atoms with van der Waals surface area (Å²) < 4.78 is 6.77. The summed E-state index contributed by atoms with van der Waals surface area (Å²) in [6.07, 6.45) is 0.171. The Morgan fingerprint density at radius 2 is 2.28 bits per heavy atom. The number of hydrogen-bond acceptors (Lipinski definition) is 5. The van der Waals surface area contributed by atoms with Crippen LogP contribution in [0.2, 0.25) is 0 Å². The first kappa shape index (κ1) is 13.0. The predicted molar refractivity (Wildman–Crippen MR) is 62.3 cm³/mol. The van der Waals surface area contributed by atoms with Crippen LogP contribution in [0, 0.1) is 6.92 Å². The molecule has 7 nitrogen and oxygen atoms in total. The van der Waals surface area contributed by atoms with Crippen LogP contribution in [-0.2, 0) is 4.74 Å². The fraction of sp³-hybridized carbons (Fsp3) is 0.636. The first-order chi connectivity index (χ1) is 8.52. The minimum atomic E-state index is -0.721. The van der Waals surface area contributed by atoms with Crippen LogP contribution < -0.4 is 11.2 Å². The third-order valence-electron chi connectivity index (χ3n) is 3.07. The van der Waals surface area contributed by atoms with E-state index in [1.165, 1.54) is 10.8 Å². The van der Waals surface area contributed by atoms with E-state index in [1.807, 2.05) is 0 Å². The Morgan fingerprint density at radius 3 is 2.94 bits per heavy atom. The van der Waals surface area contributed by atoms with Crippen LogP contribution in [0.25, 0.3) is 0 Å². The summed E-state index contributed by atoms with van der Waals surface area (Å²) in [5.74, 6) is 0. The highest BCUT2D eigenvalue weighted by atomic mass is 16.5. The van der Waals surface area contributed by atoms with Gasteiger partial charge in [0.1, 0.15) is 6.23 Å². The van der Waals surface area contributed by atoms with E-state index in [-0.39, 0.29) is 13.0 Å². The van der Waals surface area contributed by atoms with Crippen molar-refractivity contribution in [2.24, 2.45) is 0 Å². The third kappa shape index (κ3) is 2.38. The SMILES string of the molecule is Cc1cn([C@H]2C[C@H](O)[C@@H](CCO)O2)c(=O)[nH]c1=O. The molecule has 0 unspecified atom stereocenters. The zero-order valence-electron chi connectivity index (χ0n) is 10.00. The summed E-state index contributed by atoms with van der Waals surface area (Å²) in [6, 6.07) is 0. The van der Waals surface area contributed by atoms with Crippen LogP contribution in [0.1, 0.15) is 24.6 Å². The molecule has 0 saturated carbocycles. The first-order valence-corrected chi connectivity index (χ1v) is 5.79. The van der Waals surface area contributed by atoms with Gasteiger partial charge in [0, 0.05) is 24.8 Å². The number of aliphatic hydroxyl groups excluding tert-OH is 2. The molecular formula is C11H16N2O5. The van der Waals surface area contributed by atoms with Gasteiger partial charge >= 0.3 is 5.69 Å². The molecule has 1 aromatic rings. The highest BCUT2D eigenvalue weighted by molar-refractivity contribution is 5.02. The second-order valence-corrected chi connectivity index (χ2v) is 4.42. The minimum Gasteiger partial charge on any atom is -0.396 e. The summed E-state index contributed by atoms with van der Waals surface area (Å²) in [5.41, 5.74) is -0.590. The maximum Gasteiger partial charge on any atom is 0.330 e. The van der Waals surface area contributed by atoms with Crippen molar-refractivity contribution in [1.29, 1.82) is 0 Å². The molecular weight excluding hydrogens is 240 g/mol. The molecule has 2 rings (SSSR count). The van der Waals surface area contributed by atoms with Gasteiger partial charge in [0.05, 0.1) is 12.2 Å². The molecule has 0 spiro atoms. The van der Waals surface area contributed by atoms with Gasteiger partial charge in [-0.15, -0.1) is 0 Å². The average molecular weight is 256 g/mol. The summed E-state index contributed by atoms with van der Waals surface area (Å²) in [6.45, 7) is 1.50. The molecule has 2 heterocycles. The number of aryl methyl sites for hydroxylation is 1.